The van der Waals surface area contributed by atoms with E-state index < -0.39 is 10.0 Å². The number of hydrogen-bond acceptors (Lipinski definition) is 4. The molecule has 6 heteroatoms. The number of hydrogen-bond donors (Lipinski definition) is 1. The van der Waals surface area contributed by atoms with Crippen LogP contribution in [0.2, 0.25) is 0 Å². The molecule has 4 rings (SSSR count). The number of benzene rings is 2. The molecule has 29 heavy (non-hydrogen) atoms. The van der Waals surface area contributed by atoms with E-state index in [1.165, 1.54) is 41.9 Å². The van der Waals surface area contributed by atoms with Gasteiger partial charge in [-0.3, -0.25) is 4.79 Å². The molecule has 0 spiro atoms. The van der Waals surface area contributed by atoms with E-state index in [4.69, 9.17) is 5.14 Å². The van der Waals surface area contributed by atoms with E-state index in [0.717, 1.165) is 32.0 Å². The summed E-state index contributed by atoms with van der Waals surface area (Å²) in [5, 5.41) is 5.21. The second-order valence-corrected chi connectivity index (χ2v) is 10.1. The van der Waals surface area contributed by atoms with Crippen molar-refractivity contribution in [2.45, 2.75) is 43.9 Å². The molecule has 1 heterocycles. The molecular weight excluding hydrogens is 402 g/mol. The van der Waals surface area contributed by atoms with Gasteiger partial charge in [0.25, 0.3) is 0 Å². The number of carbonyl (C=O) groups is 1. The molecule has 3 aromatic rings. The molecule has 4 nitrogen and oxygen atoms in total. The Morgan fingerprint density at radius 1 is 1.03 bits per heavy atom. The smallest absolute Gasteiger partial charge is 0.238 e. The van der Waals surface area contributed by atoms with Crippen LogP contribution in [0.3, 0.4) is 0 Å². The lowest BCUT2D eigenvalue weighted by atomic mass is 9.97. The molecule has 0 bridgehead atoms. The lowest BCUT2D eigenvalue weighted by Crippen LogP contribution is -2.11. The summed E-state index contributed by atoms with van der Waals surface area (Å²) < 4.78 is 23.1. The molecular formula is C23H23NO3S2. The molecule has 1 aromatic heterocycles. The van der Waals surface area contributed by atoms with Crippen LogP contribution in [0.4, 0.5) is 0 Å². The number of carbonyl (C=O) groups excluding carboxylic acids is 1. The highest BCUT2D eigenvalue weighted by Crippen LogP contribution is 2.44. The summed E-state index contributed by atoms with van der Waals surface area (Å²) in [5.74, 6) is 0.795. The molecule has 150 valence electrons. The second kappa shape index (κ2) is 7.52. The van der Waals surface area contributed by atoms with Gasteiger partial charge >= 0.3 is 0 Å². The number of ketones is 1. The number of nitrogens with two attached hydrogens (primary N) is 1. The van der Waals surface area contributed by atoms with Crippen molar-refractivity contribution in [3.8, 4) is 21.6 Å². The van der Waals surface area contributed by atoms with Gasteiger partial charge < -0.3 is 0 Å². The van der Waals surface area contributed by atoms with E-state index in [9.17, 15) is 13.2 Å². The number of rotatable bonds is 6. The molecule has 0 unspecified atom stereocenters. The SMILES string of the molecule is CCC(=O)c1sc(-c2ccc(C3CC3)cc2)c(C)c1-c1ccc(S(N)(=O)=O)cc1. The summed E-state index contributed by atoms with van der Waals surface area (Å²) >= 11 is 1.51. The van der Waals surface area contributed by atoms with Crippen LogP contribution in [0.25, 0.3) is 21.6 Å². The Morgan fingerprint density at radius 3 is 2.14 bits per heavy atom. The van der Waals surface area contributed by atoms with Crippen molar-refractivity contribution in [1.82, 2.24) is 0 Å². The zero-order valence-corrected chi connectivity index (χ0v) is 18.1. The van der Waals surface area contributed by atoms with Crippen molar-refractivity contribution in [2.24, 2.45) is 5.14 Å². The number of thiophene rings is 1. The predicted octanol–water partition coefficient (Wildman–Crippen LogP) is 5.51. The maximum Gasteiger partial charge on any atom is 0.238 e. The summed E-state index contributed by atoms with van der Waals surface area (Å²) in [6, 6.07) is 15.1. The summed E-state index contributed by atoms with van der Waals surface area (Å²) in [7, 11) is -3.75. The monoisotopic (exact) mass is 425 g/mol. The standard InChI is InChI=1S/C23H23NO3S2/c1-3-20(25)23-21(17-10-12-19(13-11-17)29(24,26)27)14(2)22(28-23)18-8-6-16(7-9-18)15-4-5-15/h6-13,15H,3-5H2,1-2H3,(H2,24,26,27). The second-order valence-electron chi connectivity index (χ2n) is 7.50. The Hall–Kier alpha value is -2.28. The van der Waals surface area contributed by atoms with Gasteiger partial charge in [-0.15, -0.1) is 11.3 Å². The minimum Gasteiger partial charge on any atom is -0.293 e. The maximum atomic E-state index is 12.7. The Kier molecular flexibility index (Phi) is 5.19. The summed E-state index contributed by atoms with van der Waals surface area (Å²) in [4.78, 5) is 14.5. The van der Waals surface area contributed by atoms with E-state index >= 15 is 0 Å². The van der Waals surface area contributed by atoms with Crippen molar-refractivity contribution in [2.75, 3.05) is 0 Å². The molecule has 1 saturated carbocycles. The third kappa shape index (κ3) is 3.92. The fourth-order valence-corrected chi connectivity index (χ4v) is 5.49. The van der Waals surface area contributed by atoms with Crippen molar-refractivity contribution in [3.63, 3.8) is 0 Å². The fourth-order valence-electron chi connectivity index (χ4n) is 3.63. The first-order valence-electron chi connectivity index (χ1n) is 9.69. The Bertz CT molecular complexity index is 1170. The summed E-state index contributed by atoms with van der Waals surface area (Å²) in [6.07, 6.45) is 2.96. The van der Waals surface area contributed by atoms with Crippen LogP contribution in [0.5, 0.6) is 0 Å². The lowest BCUT2D eigenvalue weighted by molar-refractivity contribution is 0.0992. The third-order valence-corrected chi connectivity index (χ3v) is 7.73. The summed E-state index contributed by atoms with van der Waals surface area (Å²) in [6.45, 7) is 3.88. The van der Waals surface area contributed by atoms with Gasteiger partial charge in [-0.2, -0.15) is 0 Å². The molecule has 1 aliphatic carbocycles. The maximum absolute atomic E-state index is 12.7. The van der Waals surface area contributed by atoms with E-state index in [-0.39, 0.29) is 10.7 Å². The van der Waals surface area contributed by atoms with Crippen LogP contribution >= 0.6 is 11.3 Å². The van der Waals surface area contributed by atoms with Crippen LogP contribution in [0.15, 0.2) is 53.4 Å². The van der Waals surface area contributed by atoms with Crippen molar-refractivity contribution < 1.29 is 13.2 Å². The molecule has 2 aromatic carbocycles. The largest absolute Gasteiger partial charge is 0.293 e. The molecule has 0 atom stereocenters. The average molecular weight is 426 g/mol. The Balaban J connectivity index is 1.81. The molecule has 0 aliphatic heterocycles. The van der Waals surface area contributed by atoms with E-state index in [1.54, 1.807) is 12.1 Å². The van der Waals surface area contributed by atoms with Gasteiger partial charge in [0.2, 0.25) is 10.0 Å². The van der Waals surface area contributed by atoms with Gasteiger partial charge in [0, 0.05) is 16.9 Å². The molecule has 0 saturated heterocycles. The van der Waals surface area contributed by atoms with Gasteiger partial charge in [-0.25, -0.2) is 13.6 Å². The molecule has 1 aliphatic rings. The first-order chi connectivity index (χ1) is 13.8. The van der Waals surface area contributed by atoms with Crippen molar-refractivity contribution in [1.29, 1.82) is 0 Å². The number of Topliss-reactive ketones (excluding diaryl/α,β-unsaturated/α-hetero) is 1. The molecule has 2 N–H and O–H groups in total. The summed E-state index contributed by atoms with van der Waals surface area (Å²) in [5.41, 5.74) is 5.23. The predicted molar refractivity (Wildman–Crippen MR) is 118 cm³/mol. The quantitative estimate of drug-likeness (QED) is 0.529. The Morgan fingerprint density at radius 2 is 1.62 bits per heavy atom. The van der Waals surface area contributed by atoms with Gasteiger partial charge in [-0.05, 0) is 60.1 Å². The highest BCUT2D eigenvalue weighted by atomic mass is 32.2. The average Bonchev–Trinajstić information content (AvgIpc) is 3.50. The van der Waals surface area contributed by atoms with Crippen LogP contribution in [0.1, 0.15) is 52.9 Å². The van der Waals surface area contributed by atoms with Gasteiger partial charge in [0.05, 0.1) is 9.77 Å². The van der Waals surface area contributed by atoms with Crippen molar-refractivity contribution >= 4 is 27.1 Å². The zero-order chi connectivity index (χ0) is 20.8. The van der Waals surface area contributed by atoms with Crippen LogP contribution in [-0.2, 0) is 10.0 Å². The number of primary sulfonamides is 1. The van der Waals surface area contributed by atoms with Gasteiger partial charge in [0.15, 0.2) is 5.78 Å². The highest BCUT2D eigenvalue weighted by molar-refractivity contribution is 7.89. The topological polar surface area (TPSA) is 77.2 Å². The fraction of sp³-hybridized carbons (Fsp3) is 0.261. The van der Waals surface area contributed by atoms with Crippen LogP contribution in [-0.4, -0.2) is 14.2 Å². The molecule has 1 fully saturated rings. The highest BCUT2D eigenvalue weighted by Gasteiger charge is 2.25. The first kappa shape index (κ1) is 20.0. The minimum absolute atomic E-state index is 0.0633. The van der Waals surface area contributed by atoms with E-state index in [2.05, 4.69) is 24.3 Å². The van der Waals surface area contributed by atoms with E-state index in [0.29, 0.717) is 12.3 Å². The van der Waals surface area contributed by atoms with E-state index in [1.807, 2.05) is 13.8 Å². The van der Waals surface area contributed by atoms with Crippen LogP contribution in [0, 0.1) is 6.92 Å². The third-order valence-electron chi connectivity index (χ3n) is 5.41. The minimum atomic E-state index is -3.75. The van der Waals surface area contributed by atoms with Gasteiger partial charge in [-0.1, -0.05) is 43.3 Å². The number of sulfonamides is 1. The molecule has 0 amide bonds. The molecule has 0 radical (unpaired) electrons. The zero-order valence-electron chi connectivity index (χ0n) is 16.4. The van der Waals surface area contributed by atoms with Gasteiger partial charge in [0.1, 0.15) is 0 Å². The lowest BCUT2D eigenvalue weighted by Gasteiger charge is -2.07. The van der Waals surface area contributed by atoms with Crippen molar-refractivity contribution in [3.05, 3.63) is 64.5 Å². The Labute approximate surface area is 175 Å². The normalized spacial score (nSPS) is 14.2. The first-order valence-corrected chi connectivity index (χ1v) is 12.1. The van der Waals surface area contributed by atoms with Crippen LogP contribution < -0.4 is 5.14 Å².